The molecule has 1 saturated heterocycles. The van der Waals surface area contributed by atoms with Gasteiger partial charge in [-0.25, -0.2) is 4.99 Å². The molecule has 0 amide bonds. The number of para-hydroxylation sites is 1. The highest BCUT2D eigenvalue weighted by Gasteiger charge is 2.19. The van der Waals surface area contributed by atoms with E-state index in [4.69, 9.17) is 12.2 Å². The van der Waals surface area contributed by atoms with Crippen LogP contribution in [0.3, 0.4) is 0 Å². The van der Waals surface area contributed by atoms with E-state index in [1.165, 1.54) is 0 Å². The number of rotatable bonds is 3. The van der Waals surface area contributed by atoms with E-state index < -0.39 is 0 Å². The summed E-state index contributed by atoms with van der Waals surface area (Å²) < 4.78 is 0. The van der Waals surface area contributed by atoms with E-state index in [1.807, 2.05) is 35.2 Å². The van der Waals surface area contributed by atoms with Crippen LogP contribution in [0.4, 0.5) is 5.69 Å². The molecule has 0 unspecified atom stereocenters. The molecule has 1 aliphatic rings. The minimum absolute atomic E-state index is 0.150. The smallest absolute Gasteiger partial charge is 0.198 e. The fourth-order valence-corrected chi connectivity index (χ4v) is 2.29. The molecule has 1 aliphatic heterocycles. The van der Waals surface area contributed by atoms with Gasteiger partial charge in [-0.1, -0.05) is 18.2 Å². The summed E-state index contributed by atoms with van der Waals surface area (Å²) in [5.41, 5.74) is 0.924. The molecular weight excluding hydrogens is 258 g/mol. The van der Waals surface area contributed by atoms with Crippen molar-refractivity contribution in [1.82, 2.24) is 4.90 Å². The number of aliphatic imine (C=N–C) groups is 1. The maximum atomic E-state index is 11.2. The number of amidine groups is 1. The van der Waals surface area contributed by atoms with Gasteiger partial charge in [0.05, 0.1) is 6.54 Å². The quantitative estimate of drug-likeness (QED) is 0.861. The molecule has 1 heterocycles. The van der Waals surface area contributed by atoms with Crippen LogP contribution >= 0.6 is 12.2 Å². The van der Waals surface area contributed by atoms with Crippen LogP contribution < -0.4 is 5.32 Å². The van der Waals surface area contributed by atoms with Crippen LogP contribution in [-0.2, 0) is 4.79 Å². The van der Waals surface area contributed by atoms with E-state index in [2.05, 4.69) is 10.3 Å². The lowest BCUT2D eigenvalue weighted by Gasteiger charge is -2.17. The van der Waals surface area contributed by atoms with Crippen molar-refractivity contribution in [2.45, 2.75) is 19.8 Å². The Morgan fingerprint density at radius 1 is 1.42 bits per heavy atom. The summed E-state index contributed by atoms with van der Waals surface area (Å²) in [7, 11) is 0. The van der Waals surface area contributed by atoms with E-state index in [9.17, 15) is 4.79 Å². The Labute approximate surface area is 118 Å². The van der Waals surface area contributed by atoms with Gasteiger partial charge in [-0.15, -0.1) is 0 Å². The van der Waals surface area contributed by atoms with Gasteiger partial charge in [-0.05, 0) is 37.7 Å². The molecule has 0 saturated carbocycles. The van der Waals surface area contributed by atoms with Crippen LogP contribution in [0.1, 0.15) is 19.8 Å². The van der Waals surface area contributed by atoms with Crippen molar-refractivity contribution in [2.24, 2.45) is 4.99 Å². The minimum atomic E-state index is 0.150. The number of carbonyl (C=O) groups excluding carboxylic acids is 1. The average Bonchev–Trinajstić information content (AvgIpc) is 2.77. The molecule has 0 bridgehead atoms. The van der Waals surface area contributed by atoms with Gasteiger partial charge in [0.1, 0.15) is 11.6 Å². The van der Waals surface area contributed by atoms with Gasteiger partial charge in [-0.3, -0.25) is 4.79 Å². The third-order valence-corrected chi connectivity index (χ3v) is 3.06. The topological polar surface area (TPSA) is 44.7 Å². The molecule has 1 aromatic carbocycles. The van der Waals surface area contributed by atoms with Gasteiger partial charge in [-0.2, -0.15) is 0 Å². The lowest BCUT2D eigenvalue weighted by molar-refractivity contribution is -0.117. The molecule has 4 nitrogen and oxygen atoms in total. The van der Waals surface area contributed by atoms with Gasteiger partial charge in [0.15, 0.2) is 5.11 Å². The molecule has 0 aliphatic carbocycles. The van der Waals surface area contributed by atoms with Crippen LogP contribution in [0.5, 0.6) is 0 Å². The normalized spacial score (nSPS) is 16.7. The maximum Gasteiger partial charge on any atom is 0.198 e. The first kappa shape index (κ1) is 13.7. The SMILES string of the molecule is CC(=O)CN1CCC/C1=N/C(=S)Nc1ccccc1. The number of hydrogen-bond donors (Lipinski definition) is 1. The zero-order valence-electron chi connectivity index (χ0n) is 10.9. The van der Waals surface area contributed by atoms with Crippen molar-refractivity contribution in [3.63, 3.8) is 0 Å². The third-order valence-electron chi connectivity index (χ3n) is 2.86. The Kier molecular flexibility index (Phi) is 4.63. The monoisotopic (exact) mass is 275 g/mol. The molecule has 1 aromatic rings. The highest BCUT2D eigenvalue weighted by molar-refractivity contribution is 7.80. The number of hydrogen-bond acceptors (Lipinski definition) is 2. The predicted octanol–water partition coefficient (Wildman–Crippen LogP) is 2.47. The van der Waals surface area contributed by atoms with Crippen LogP contribution in [0, 0.1) is 0 Å². The van der Waals surface area contributed by atoms with Crippen molar-refractivity contribution < 1.29 is 4.79 Å². The minimum Gasteiger partial charge on any atom is -0.353 e. The Hall–Kier alpha value is -1.75. The highest BCUT2D eigenvalue weighted by Crippen LogP contribution is 2.12. The standard InChI is InChI=1S/C14H17N3OS/c1-11(18)10-17-9-5-8-13(17)16-14(19)15-12-6-3-2-4-7-12/h2-4,6-7H,5,8-10H2,1H3,(H,15,19)/b16-13-. The van der Waals surface area contributed by atoms with Crippen molar-refractivity contribution in [2.75, 3.05) is 18.4 Å². The van der Waals surface area contributed by atoms with Gasteiger partial charge in [0.25, 0.3) is 0 Å². The van der Waals surface area contributed by atoms with Crippen molar-refractivity contribution in [3.8, 4) is 0 Å². The first-order valence-corrected chi connectivity index (χ1v) is 6.74. The summed E-state index contributed by atoms with van der Waals surface area (Å²) >= 11 is 5.23. The summed E-state index contributed by atoms with van der Waals surface area (Å²) in [5, 5.41) is 3.52. The number of benzene rings is 1. The van der Waals surface area contributed by atoms with Gasteiger partial charge >= 0.3 is 0 Å². The number of nitrogens with zero attached hydrogens (tertiary/aromatic N) is 2. The van der Waals surface area contributed by atoms with Crippen LogP contribution in [-0.4, -0.2) is 34.7 Å². The zero-order valence-corrected chi connectivity index (χ0v) is 11.7. The second-order valence-electron chi connectivity index (χ2n) is 4.55. The number of likely N-dealkylation sites (tertiary alicyclic amines) is 1. The molecular formula is C14H17N3OS. The first-order chi connectivity index (χ1) is 9.15. The number of nitrogens with one attached hydrogen (secondary N) is 1. The largest absolute Gasteiger partial charge is 0.353 e. The Bertz CT molecular complexity index is 499. The van der Waals surface area contributed by atoms with Crippen LogP contribution in [0.2, 0.25) is 0 Å². The third kappa shape index (κ3) is 4.13. The number of carbonyl (C=O) groups is 1. The van der Waals surface area contributed by atoms with E-state index in [0.29, 0.717) is 11.7 Å². The first-order valence-electron chi connectivity index (χ1n) is 6.33. The predicted molar refractivity (Wildman–Crippen MR) is 81.6 cm³/mol. The summed E-state index contributed by atoms with van der Waals surface area (Å²) in [4.78, 5) is 17.6. The van der Waals surface area contributed by atoms with E-state index in [1.54, 1.807) is 6.92 Å². The Morgan fingerprint density at radius 3 is 2.84 bits per heavy atom. The van der Waals surface area contributed by atoms with Crippen LogP contribution in [0.15, 0.2) is 35.3 Å². The second-order valence-corrected chi connectivity index (χ2v) is 4.94. The fraction of sp³-hybridized carbons (Fsp3) is 0.357. The highest BCUT2D eigenvalue weighted by atomic mass is 32.1. The molecule has 2 rings (SSSR count). The maximum absolute atomic E-state index is 11.2. The molecule has 0 spiro atoms. The lowest BCUT2D eigenvalue weighted by Crippen LogP contribution is -2.30. The van der Waals surface area contributed by atoms with E-state index >= 15 is 0 Å². The zero-order chi connectivity index (χ0) is 13.7. The van der Waals surface area contributed by atoms with E-state index in [0.717, 1.165) is 30.9 Å². The molecule has 0 radical (unpaired) electrons. The van der Waals surface area contributed by atoms with Crippen molar-refractivity contribution in [1.29, 1.82) is 0 Å². The number of thiocarbonyl (C=S) groups is 1. The Morgan fingerprint density at radius 2 is 2.16 bits per heavy atom. The van der Waals surface area contributed by atoms with Crippen LogP contribution in [0.25, 0.3) is 0 Å². The number of Topliss-reactive ketones (excluding diaryl/α,β-unsaturated/α-hetero) is 1. The van der Waals surface area contributed by atoms with Crippen molar-refractivity contribution >= 4 is 34.6 Å². The molecule has 1 fully saturated rings. The molecule has 0 aromatic heterocycles. The summed E-state index contributed by atoms with van der Waals surface area (Å²) in [5.74, 6) is 1.06. The van der Waals surface area contributed by atoms with Gasteiger partial charge < -0.3 is 10.2 Å². The average molecular weight is 275 g/mol. The number of ketones is 1. The Balaban J connectivity index is 1.99. The van der Waals surface area contributed by atoms with Crippen molar-refractivity contribution in [3.05, 3.63) is 30.3 Å². The van der Waals surface area contributed by atoms with Gasteiger partial charge in [0, 0.05) is 18.7 Å². The lowest BCUT2D eigenvalue weighted by atomic mass is 10.3. The second kappa shape index (κ2) is 6.43. The molecule has 19 heavy (non-hydrogen) atoms. The fourth-order valence-electron chi connectivity index (χ4n) is 2.07. The summed E-state index contributed by atoms with van der Waals surface area (Å²) in [6, 6.07) is 9.71. The summed E-state index contributed by atoms with van der Waals surface area (Å²) in [6.07, 6.45) is 1.91. The molecule has 1 N–H and O–H groups in total. The molecule has 0 atom stereocenters. The van der Waals surface area contributed by atoms with E-state index in [-0.39, 0.29) is 5.78 Å². The molecule has 100 valence electrons. The molecule has 5 heteroatoms. The van der Waals surface area contributed by atoms with Gasteiger partial charge in [0.2, 0.25) is 0 Å². The number of anilines is 1. The summed E-state index contributed by atoms with van der Waals surface area (Å²) in [6.45, 7) is 2.90.